The molecule has 100 valence electrons. The number of thiazole rings is 1. The lowest BCUT2D eigenvalue weighted by Crippen LogP contribution is -2.22. The van der Waals surface area contributed by atoms with Crippen LogP contribution in [-0.4, -0.2) is 16.0 Å². The third-order valence-electron chi connectivity index (χ3n) is 2.75. The van der Waals surface area contributed by atoms with Crippen LogP contribution in [0.1, 0.15) is 32.7 Å². The number of hydrogen-bond acceptors (Lipinski definition) is 4. The number of carbonyl (C=O) groups is 1. The molecule has 1 amide bonds. The zero-order chi connectivity index (χ0) is 13.8. The summed E-state index contributed by atoms with van der Waals surface area (Å²) >= 11 is 1.59. The highest BCUT2D eigenvalue weighted by Crippen LogP contribution is 2.18. The molecular weight excluding hydrogens is 260 g/mol. The normalized spacial score (nSPS) is 10.4. The van der Waals surface area contributed by atoms with Crippen molar-refractivity contribution in [2.75, 3.05) is 0 Å². The van der Waals surface area contributed by atoms with Crippen molar-refractivity contribution in [2.45, 2.75) is 26.8 Å². The van der Waals surface area contributed by atoms with Crippen molar-refractivity contribution < 1.29 is 9.90 Å². The molecule has 0 saturated carbocycles. The van der Waals surface area contributed by atoms with Gasteiger partial charge in [-0.05, 0) is 31.0 Å². The van der Waals surface area contributed by atoms with Gasteiger partial charge < -0.3 is 10.4 Å². The molecule has 4 nitrogen and oxygen atoms in total. The zero-order valence-electron chi connectivity index (χ0n) is 10.9. The van der Waals surface area contributed by atoms with Crippen LogP contribution in [0.25, 0.3) is 0 Å². The van der Waals surface area contributed by atoms with Crippen LogP contribution in [0.3, 0.4) is 0 Å². The van der Waals surface area contributed by atoms with Gasteiger partial charge in [0.15, 0.2) is 0 Å². The van der Waals surface area contributed by atoms with Gasteiger partial charge in [0.25, 0.3) is 5.91 Å². The summed E-state index contributed by atoms with van der Waals surface area (Å²) in [6, 6.07) is 5.00. The van der Waals surface area contributed by atoms with Crippen LogP contribution >= 0.6 is 11.3 Å². The summed E-state index contributed by atoms with van der Waals surface area (Å²) in [6.45, 7) is 4.32. The molecule has 2 rings (SSSR count). The van der Waals surface area contributed by atoms with E-state index in [1.807, 2.05) is 13.1 Å². The fraction of sp³-hybridized carbons (Fsp3) is 0.286. The van der Waals surface area contributed by atoms with Gasteiger partial charge in [-0.1, -0.05) is 13.0 Å². The number of phenolic OH excluding ortho intramolecular Hbond substituents is 1. The van der Waals surface area contributed by atoms with Crippen molar-refractivity contribution in [3.63, 3.8) is 0 Å². The second-order valence-corrected chi connectivity index (χ2v) is 5.48. The van der Waals surface area contributed by atoms with Crippen molar-refractivity contribution in [3.8, 4) is 5.75 Å². The van der Waals surface area contributed by atoms with E-state index < -0.39 is 0 Å². The average Bonchev–Trinajstić information content (AvgIpc) is 2.84. The molecule has 2 N–H and O–H groups in total. The predicted molar refractivity (Wildman–Crippen MR) is 75.5 cm³/mol. The summed E-state index contributed by atoms with van der Waals surface area (Å²) in [6.07, 6.45) is 2.78. The second kappa shape index (κ2) is 5.84. The van der Waals surface area contributed by atoms with Gasteiger partial charge in [0.2, 0.25) is 0 Å². The van der Waals surface area contributed by atoms with Gasteiger partial charge in [0.05, 0.1) is 12.1 Å². The molecule has 0 aliphatic heterocycles. The van der Waals surface area contributed by atoms with E-state index in [1.165, 1.54) is 4.88 Å². The Morgan fingerprint density at radius 2 is 2.26 bits per heavy atom. The monoisotopic (exact) mass is 276 g/mol. The highest BCUT2D eigenvalue weighted by atomic mass is 32.1. The van der Waals surface area contributed by atoms with Gasteiger partial charge in [-0.2, -0.15) is 0 Å². The SMILES string of the molecule is CCc1cnc(CNC(=O)c2ccc(C)cc2O)s1. The number of carbonyl (C=O) groups excluding carboxylic acids is 1. The molecular formula is C14H16N2O2S. The Hall–Kier alpha value is -1.88. The van der Waals surface area contributed by atoms with Gasteiger partial charge in [-0.15, -0.1) is 11.3 Å². The largest absolute Gasteiger partial charge is 0.507 e. The van der Waals surface area contributed by atoms with E-state index in [4.69, 9.17) is 0 Å². The molecule has 0 saturated heterocycles. The Balaban J connectivity index is 2.01. The Morgan fingerprint density at radius 3 is 2.89 bits per heavy atom. The highest BCUT2D eigenvalue weighted by molar-refractivity contribution is 7.11. The molecule has 2 aromatic rings. The first-order chi connectivity index (χ1) is 9.10. The molecule has 0 aliphatic carbocycles. The van der Waals surface area contributed by atoms with Gasteiger partial charge in [-0.3, -0.25) is 4.79 Å². The van der Waals surface area contributed by atoms with E-state index in [0.717, 1.165) is 17.0 Å². The maximum atomic E-state index is 11.9. The summed E-state index contributed by atoms with van der Waals surface area (Å²) < 4.78 is 0. The summed E-state index contributed by atoms with van der Waals surface area (Å²) in [5.74, 6) is -0.281. The van der Waals surface area contributed by atoms with Crippen molar-refractivity contribution in [1.82, 2.24) is 10.3 Å². The van der Waals surface area contributed by atoms with Crippen LogP contribution in [-0.2, 0) is 13.0 Å². The van der Waals surface area contributed by atoms with Gasteiger partial charge >= 0.3 is 0 Å². The highest BCUT2D eigenvalue weighted by Gasteiger charge is 2.11. The van der Waals surface area contributed by atoms with Crippen LogP contribution in [0.5, 0.6) is 5.75 Å². The first-order valence-electron chi connectivity index (χ1n) is 6.11. The van der Waals surface area contributed by atoms with Gasteiger partial charge in [0.1, 0.15) is 10.8 Å². The first-order valence-corrected chi connectivity index (χ1v) is 6.93. The van der Waals surface area contributed by atoms with E-state index in [9.17, 15) is 9.90 Å². The fourth-order valence-corrected chi connectivity index (χ4v) is 2.48. The van der Waals surface area contributed by atoms with E-state index in [0.29, 0.717) is 6.54 Å². The molecule has 1 aromatic carbocycles. The minimum Gasteiger partial charge on any atom is -0.507 e. The Kier molecular flexibility index (Phi) is 4.16. The Bertz CT molecular complexity index is 593. The number of benzene rings is 1. The van der Waals surface area contributed by atoms with Crippen LogP contribution in [0.2, 0.25) is 0 Å². The number of aromatic nitrogens is 1. The second-order valence-electron chi connectivity index (χ2n) is 4.28. The molecule has 0 atom stereocenters. The number of aromatic hydroxyl groups is 1. The fourth-order valence-electron chi connectivity index (χ4n) is 1.68. The summed E-state index contributed by atoms with van der Waals surface area (Å²) in [5.41, 5.74) is 1.21. The lowest BCUT2D eigenvalue weighted by Gasteiger charge is -2.06. The molecule has 19 heavy (non-hydrogen) atoms. The van der Waals surface area contributed by atoms with Crippen LogP contribution < -0.4 is 5.32 Å². The number of nitrogens with zero attached hydrogens (tertiary/aromatic N) is 1. The Morgan fingerprint density at radius 1 is 1.47 bits per heavy atom. The molecule has 0 fully saturated rings. The van der Waals surface area contributed by atoms with E-state index >= 15 is 0 Å². The standard InChI is InChI=1S/C14H16N2O2S/c1-3-10-7-15-13(19-10)8-16-14(18)11-5-4-9(2)6-12(11)17/h4-7,17H,3,8H2,1-2H3,(H,16,18). The Labute approximate surface area is 116 Å². The van der Waals surface area contributed by atoms with E-state index in [1.54, 1.807) is 29.5 Å². The van der Waals surface area contributed by atoms with Crippen LogP contribution in [0.4, 0.5) is 0 Å². The molecule has 0 spiro atoms. The molecule has 0 radical (unpaired) electrons. The molecule has 0 unspecified atom stereocenters. The number of amides is 1. The summed E-state index contributed by atoms with van der Waals surface area (Å²) in [5, 5.41) is 13.4. The van der Waals surface area contributed by atoms with E-state index in [-0.39, 0.29) is 17.2 Å². The quantitative estimate of drug-likeness (QED) is 0.902. The maximum absolute atomic E-state index is 11.9. The third-order valence-corrected chi connectivity index (χ3v) is 3.89. The van der Waals surface area contributed by atoms with Gasteiger partial charge in [0, 0.05) is 11.1 Å². The molecule has 0 bridgehead atoms. The third kappa shape index (κ3) is 3.32. The number of rotatable bonds is 4. The molecule has 1 aromatic heterocycles. The maximum Gasteiger partial charge on any atom is 0.255 e. The number of hydrogen-bond donors (Lipinski definition) is 2. The van der Waals surface area contributed by atoms with Crippen LogP contribution in [0.15, 0.2) is 24.4 Å². The lowest BCUT2D eigenvalue weighted by molar-refractivity contribution is 0.0948. The predicted octanol–water partition coefficient (Wildman–Crippen LogP) is 2.65. The van der Waals surface area contributed by atoms with Gasteiger partial charge in [-0.25, -0.2) is 4.98 Å². The smallest absolute Gasteiger partial charge is 0.255 e. The number of phenols is 1. The van der Waals surface area contributed by atoms with Crippen molar-refractivity contribution in [1.29, 1.82) is 0 Å². The minimum atomic E-state index is -0.286. The number of aryl methyl sites for hydroxylation is 2. The molecule has 0 aliphatic rings. The average molecular weight is 276 g/mol. The van der Waals surface area contributed by atoms with Crippen molar-refractivity contribution in [3.05, 3.63) is 45.4 Å². The van der Waals surface area contributed by atoms with Crippen LogP contribution in [0, 0.1) is 6.92 Å². The molecule has 1 heterocycles. The molecule has 5 heteroatoms. The topological polar surface area (TPSA) is 62.2 Å². The summed E-state index contributed by atoms with van der Waals surface area (Å²) in [4.78, 5) is 17.4. The van der Waals surface area contributed by atoms with Crippen molar-refractivity contribution in [2.24, 2.45) is 0 Å². The van der Waals surface area contributed by atoms with Crippen molar-refractivity contribution >= 4 is 17.2 Å². The minimum absolute atomic E-state index is 0.00545. The number of nitrogens with one attached hydrogen (secondary N) is 1. The lowest BCUT2D eigenvalue weighted by atomic mass is 10.1. The first kappa shape index (κ1) is 13.5. The summed E-state index contributed by atoms with van der Waals surface area (Å²) in [7, 11) is 0. The zero-order valence-corrected chi connectivity index (χ0v) is 11.8. The van der Waals surface area contributed by atoms with E-state index in [2.05, 4.69) is 17.2 Å².